The zero-order valence-corrected chi connectivity index (χ0v) is 22.4. The Morgan fingerprint density at radius 2 is 1.90 bits per heavy atom. The van der Waals surface area contributed by atoms with Crippen molar-refractivity contribution in [3.63, 3.8) is 0 Å². The molecule has 3 aliphatic rings. The van der Waals surface area contributed by atoms with Gasteiger partial charge in [-0.2, -0.15) is 18.4 Å². The molecule has 0 radical (unpaired) electrons. The molecule has 1 saturated carbocycles. The molecule has 3 N–H and O–H groups in total. The summed E-state index contributed by atoms with van der Waals surface area (Å²) in [6, 6.07) is 9.40. The molecule has 1 atom stereocenters. The summed E-state index contributed by atoms with van der Waals surface area (Å²) in [6.45, 7) is 2.36. The number of halogens is 3. The molecule has 2 aromatic rings. The van der Waals surface area contributed by atoms with Crippen LogP contribution in [0, 0.1) is 11.3 Å². The fraction of sp³-hybridized carbons (Fsp3) is 0.481. The summed E-state index contributed by atoms with van der Waals surface area (Å²) in [7, 11) is 0. The van der Waals surface area contributed by atoms with E-state index in [0.717, 1.165) is 49.5 Å². The number of benzene rings is 1. The molecule has 3 heterocycles. The van der Waals surface area contributed by atoms with Crippen LogP contribution < -0.4 is 20.3 Å². The van der Waals surface area contributed by atoms with Crippen molar-refractivity contribution in [3.05, 3.63) is 47.8 Å². The Balaban J connectivity index is 1.33. The second-order valence-electron chi connectivity index (χ2n) is 10.3. The average molecular weight is 575 g/mol. The highest BCUT2D eigenvalue weighted by molar-refractivity contribution is 7.81. The van der Waals surface area contributed by atoms with E-state index in [9.17, 15) is 23.1 Å². The number of ether oxygens (including phenoxy) is 1. The number of likely N-dealkylation sites (tertiary alicyclic amines) is 1. The summed E-state index contributed by atoms with van der Waals surface area (Å²) in [4.78, 5) is 22.3. The predicted octanol–water partition coefficient (Wildman–Crippen LogP) is 3.20. The van der Waals surface area contributed by atoms with Crippen LogP contribution in [-0.4, -0.2) is 69.9 Å². The summed E-state index contributed by atoms with van der Waals surface area (Å²) in [5.74, 6) is 0.251. The second kappa shape index (κ2) is 10.9. The number of piperidine rings is 1. The van der Waals surface area contributed by atoms with Gasteiger partial charge in [-0.05, 0) is 74.7 Å². The minimum Gasteiger partial charge on any atom is -0.490 e. The molecule has 212 valence electrons. The number of rotatable bonds is 7. The number of alkyl halides is 3. The number of carbonyl (C=O) groups is 1. The van der Waals surface area contributed by atoms with Gasteiger partial charge in [-0.15, -0.1) is 0 Å². The Morgan fingerprint density at radius 3 is 2.45 bits per heavy atom. The zero-order valence-electron chi connectivity index (χ0n) is 21.6. The molecule has 0 bridgehead atoms. The zero-order chi connectivity index (χ0) is 28.7. The van der Waals surface area contributed by atoms with Crippen LogP contribution in [0.3, 0.4) is 0 Å². The summed E-state index contributed by atoms with van der Waals surface area (Å²) >= 11 is 5.66. The summed E-state index contributed by atoms with van der Waals surface area (Å²) < 4.78 is 46.9. The van der Waals surface area contributed by atoms with E-state index in [2.05, 4.69) is 9.88 Å². The molecule has 1 aromatic carbocycles. The average Bonchev–Trinajstić information content (AvgIpc) is 3.16. The highest BCUT2D eigenvalue weighted by atomic mass is 32.1. The maximum Gasteiger partial charge on any atom is 0.419 e. The van der Waals surface area contributed by atoms with Crippen molar-refractivity contribution < 1.29 is 27.8 Å². The van der Waals surface area contributed by atoms with Crippen molar-refractivity contribution in [2.75, 3.05) is 36.0 Å². The molecule has 3 fully saturated rings. The van der Waals surface area contributed by atoms with Crippen LogP contribution in [0.2, 0.25) is 0 Å². The number of anilines is 2. The lowest BCUT2D eigenvalue weighted by Gasteiger charge is -2.43. The topological polar surface area (TPSA) is 119 Å². The third-order valence-electron chi connectivity index (χ3n) is 7.81. The Hall–Kier alpha value is -3.31. The lowest BCUT2D eigenvalue weighted by atomic mass is 9.75. The molecule has 2 saturated heterocycles. The van der Waals surface area contributed by atoms with Crippen LogP contribution in [0.5, 0.6) is 5.75 Å². The van der Waals surface area contributed by atoms with E-state index in [4.69, 9.17) is 28.0 Å². The first-order valence-electron chi connectivity index (χ1n) is 13.1. The minimum absolute atomic E-state index is 0.0201. The molecule has 5 rings (SSSR count). The quantitative estimate of drug-likeness (QED) is 0.481. The first kappa shape index (κ1) is 28.2. The van der Waals surface area contributed by atoms with E-state index in [0.29, 0.717) is 30.8 Å². The van der Waals surface area contributed by atoms with E-state index in [1.54, 1.807) is 29.2 Å². The number of thiocarbonyl (C=S) groups is 1. The third-order valence-corrected chi connectivity index (χ3v) is 8.17. The second-order valence-corrected chi connectivity index (χ2v) is 10.7. The number of amides is 1. The van der Waals surface area contributed by atoms with Crippen LogP contribution in [-0.2, 0) is 11.0 Å². The minimum atomic E-state index is -4.81. The number of aromatic nitrogens is 1. The summed E-state index contributed by atoms with van der Waals surface area (Å²) in [6.07, 6.45) is -0.851. The van der Waals surface area contributed by atoms with E-state index >= 15 is 0 Å². The van der Waals surface area contributed by atoms with Gasteiger partial charge in [0.2, 0.25) is 0 Å². The van der Waals surface area contributed by atoms with Crippen LogP contribution in [0.1, 0.15) is 43.4 Å². The van der Waals surface area contributed by atoms with Crippen molar-refractivity contribution in [1.82, 2.24) is 9.88 Å². The Bertz CT molecular complexity index is 1320. The van der Waals surface area contributed by atoms with Gasteiger partial charge in [0.25, 0.3) is 5.91 Å². The number of β-amino-alcohol motifs (C(OH)–C–C–N with tert-alkyl or cyclic N) is 1. The number of pyridine rings is 1. The van der Waals surface area contributed by atoms with E-state index in [-0.39, 0.29) is 23.4 Å². The standard InChI is InChI=1S/C27H29F3N6O3S/c28-27(29,30)22-12-18(15-33-23(22)14-32)35-24(38)26(8-1-9-26)36(25(35)40)17-2-4-20(5-3-17)39-21-6-10-34(11-7-21)16-19(37)13-31/h2-5,12,15,19,21,37H,1,6-11,13,16,31H2. The number of hydrogen-bond donors (Lipinski definition) is 2. The van der Waals surface area contributed by atoms with Gasteiger partial charge in [0.1, 0.15) is 23.5 Å². The molecule has 2 aliphatic heterocycles. The van der Waals surface area contributed by atoms with Gasteiger partial charge in [0, 0.05) is 31.9 Å². The molecule has 1 aromatic heterocycles. The van der Waals surface area contributed by atoms with E-state index in [1.807, 2.05) is 0 Å². The van der Waals surface area contributed by atoms with E-state index < -0.39 is 35.0 Å². The van der Waals surface area contributed by atoms with Gasteiger partial charge in [0.15, 0.2) is 10.8 Å². The fourth-order valence-corrected chi connectivity index (χ4v) is 6.01. The van der Waals surface area contributed by atoms with Crippen molar-refractivity contribution in [3.8, 4) is 11.8 Å². The number of nitriles is 1. The molecule has 9 nitrogen and oxygen atoms in total. The number of nitrogens with zero attached hydrogens (tertiary/aromatic N) is 5. The molecule has 1 spiro atoms. The van der Waals surface area contributed by atoms with Crippen molar-refractivity contribution in [2.45, 2.75) is 56.0 Å². The predicted molar refractivity (Wildman–Crippen MR) is 145 cm³/mol. The molecule has 40 heavy (non-hydrogen) atoms. The van der Waals surface area contributed by atoms with Gasteiger partial charge >= 0.3 is 6.18 Å². The van der Waals surface area contributed by atoms with Gasteiger partial charge in [-0.25, -0.2) is 4.98 Å². The molecule has 1 unspecified atom stereocenters. The molecule has 1 amide bonds. The van der Waals surface area contributed by atoms with Gasteiger partial charge < -0.3 is 25.4 Å². The number of nitrogens with two attached hydrogens (primary N) is 1. The first-order valence-corrected chi connectivity index (χ1v) is 13.5. The fourth-order valence-electron chi connectivity index (χ4n) is 5.54. The smallest absolute Gasteiger partial charge is 0.419 e. The summed E-state index contributed by atoms with van der Waals surface area (Å²) in [5.41, 5.74) is 3.05. The SMILES string of the molecule is N#Cc1ncc(N2C(=O)C3(CCC3)N(c3ccc(OC4CCN(CC(O)CN)CC4)cc3)C2=S)cc1C(F)(F)F. The van der Waals surface area contributed by atoms with Crippen molar-refractivity contribution in [2.24, 2.45) is 5.73 Å². The first-order chi connectivity index (χ1) is 19.1. The van der Waals surface area contributed by atoms with Crippen LogP contribution in [0.25, 0.3) is 0 Å². The number of hydrogen-bond acceptors (Lipinski definition) is 8. The number of aliphatic hydroxyl groups is 1. The molecule has 1 aliphatic carbocycles. The van der Waals surface area contributed by atoms with E-state index in [1.165, 1.54) is 6.07 Å². The highest BCUT2D eigenvalue weighted by Gasteiger charge is 2.59. The highest BCUT2D eigenvalue weighted by Crippen LogP contribution is 2.48. The number of carbonyl (C=O) groups excluding carboxylic acids is 1. The van der Waals surface area contributed by atoms with Crippen molar-refractivity contribution >= 4 is 34.6 Å². The van der Waals surface area contributed by atoms with Crippen LogP contribution >= 0.6 is 12.2 Å². The van der Waals surface area contributed by atoms with Crippen LogP contribution in [0.15, 0.2) is 36.5 Å². The lowest BCUT2D eigenvalue weighted by Crippen LogP contribution is -2.55. The molecular formula is C27H29F3N6O3S. The maximum atomic E-state index is 13.6. The Kier molecular flexibility index (Phi) is 7.71. The largest absolute Gasteiger partial charge is 0.490 e. The van der Waals surface area contributed by atoms with Gasteiger partial charge in [0.05, 0.1) is 23.6 Å². The maximum absolute atomic E-state index is 13.6. The Labute approximate surface area is 234 Å². The van der Waals surface area contributed by atoms with Crippen molar-refractivity contribution in [1.29, 1.82) is 5.26 Å². The monoisotopic (exact) mass is 574 g/mol. The lowest BCUT2D eigenvalue weighted by molar-refractivity contribution is -0.138. The molecular weight excluding hydrogens is 545 g/mol. The third kappa shape index (κ3) is 5.12. The van der Waals surface area contributed by atoms with Gasteiger partial charge in [-0.3, -0.25) is 9.69 Å². The van der Waals surface area contributed by atoms with Crippen LogP contribution in [0.4, 0.5) is 24.5 Å². The summed E-state index contributed by atoms with van der Waals surface area (Å²) in [5, 5.41) is 18.9. The molecule has 13 heteroatoms. The number of aliphatic hydroxyl groups excluding tert-OH is 1. The van der Waals surface area contributed by atoms with Gasteiger partial charge in [-0.1, -0.05) is 0 Å². The normalized spacial score (nSPS) is 20.5. The Morgan fingerprint density at radius 1 is 1.23 bits per heavy atom.